The number of aryl methyl sites for hydroxylation is 2. The lowest BCUT2D eigenvalue weighted by atomic mass is 10.1. The van der Waals surface area contributed by atoms with Crippen molar-refractivity contribution in [2.45, 2.75) is 57.0 Å². The average Bonchev–Trinajstić information content (AvgIpc) is 3.16. The summed E-state index contributed by atoms with van der Waals surface area (Å²) in [7, 11) is 1.10. The predicted molar refractivity (Wildman–Crippen MR) is 131 cm³/mol. The topological polar surface area (TPSA) is 75.5 Å². The second kappa shape index (κ2) is 10.7. The Bertz CT molecular complexity index is 1270. The van der Waals surface area contributed by atoms with E-state index in [1.165, 1.54) is 24.5 Å². The van der Waals surface area contributed by atoms with Gasteiger partial charge in [0.05, 0.1) is 22.0 Å². The van der Waals surface area contributed by atoms with E-state index in [0.29, 0.717) is 17.5 Å². The van der Waals surface area contributed by atoms with Crippen LogP contribution in [0, 0.1) is 5.82 Å². The number of aromatic nitrogens is 2. The Kier molecular flexibility index (Phi) is 8.09. The van der Waals surface area contributed by atoms with Crippen molar-refractivity contribution in [1.82, 2.24) is 18.8 Å². The van der Waals surface area contributed by atoms with Crippen molar-refractivity contribution in [2.24, 2.45) is 0 Å². The molecule has 184 valence electrons. The largest absolute Gasteiger partial charge is 0.339 e. The van der Waals surface area contributed by atoms with Gasteiger partial charge in [0.25, 0.3) is 0 Å². The number of carbonyl (C=O) groups excluding carboxylic acids is 1. The fraction of sp³-hybridized carbons (Fsp3) is 0.440. The SMILES string of the molecule is CCCCn1c(CCC(=O)N(C)C(C)c2ccccc2F)nc2cc(S(=O)(=O)N(C)C)ccc21. The van der Waals surface area contributed by atoms with Gasteiger partial charge in [-0.25, -0.2) is 22.1 Å². The van der Waals surface area contributed by atoms with Gasteiger partial charge >= 0.3 is 0 Å². The molecule has 3 rings (SSSR count). The molecule has 34 heavy (non-hydrogen) atoms. The Morgan fingerprint density at radius 3 is 2.50 bits per heavy atom. The van der Waals surface area contributed by atoms with Crippen molar-refractivity contribution in [3.05, 3.63) is 59.7 Å². The summed E-state index contributed by atoms with van der Waals surface area (Å²) < 4.78 is 42.5. The van der Waals surface area contributed by atoms with E-state index in [-0.39, 0.29) is 23.0 Å². The van der Waals surface area contributed by atoms with E-state index in [1.54, 1.807) is 55.3 Å². The summed E-state index contributed by atoms with van der Waals surface area (Å²) in [5.41, 5.74) is 1.92. The summed E-state index contributed by atoms with van der Waals surface area (Å²) in [6, 6.07) is 11.0. The van der Waals surface area contributed by atoms with Crippen LogP contribution >= 0.6 is 0 Å². The number of fused-ring (bicyclic) bond motifs is 1. The third kappa shape index (κ3) is 5.31. The van der Waals surface area contributed by atoms with Crippen molar-refractivity contribution < 1.29 is 17.6 Å². The van der Waals surface area contributed by atoms with Gasteiger partial charge in [0, 0.05) is 46.1 Å². The molecule has 3 aromatic rings. The number of unbranched alkanes of at least 4 members (excludes halogenated alkanes) is 1. The highest BCUT2D eigenvalue weighted by molar-refractivity contribution is 7.89. The molecule has 1 aromatic heterocycles. The molecule has 0 fully saturated rings. The zero-order valence-electron chi connectivity index (χ0n) is 20.5. The number of amides is 1. The predicted octanol–water partition coefficient (Wildman–Crippen LogP) is 4.38. The lowest BCUT2D eigenvalue weighted by Crippen LogP contribution is -2.30. The van der Waals surface area contributed by atoms with Crippen LogP contribution in [0.25, 0.3) is 11.0 Å². The second-order valence-electron chi connectivity index (χ2n) is 8.67. The summed E-state index contributed by atoms with van der Waals surface area (Å²) in [5, 5.41) is 0. The maximum atomic E-state index is 14.2. The van der Waals surface area contributed by atoms with Gasteiger partial charge in [-0.05, 0) is 37.6 Å². The Balaban J connectivity index is 1.85. The number of carbonyl (C=O) groups is 1. The number of rotatable bonds is 10. The Labute approximate surface area is 201 Å². The third-order valence-corrected chi connectivity index (χ3v) is 8.02. The molecule has 2 aromatic carbocycles. The van der Waals surface area contributed by atoms with Gasteiger partial charge in [-0.1, -0.05) is 31.5 Å². The highest BCUT2D eigenvalue weighted by Gasteiger charge is 2.22. The van der Waals surface area contributed by atoms with Gasteiger partial charge in [-0.2, -0.15) is 0 Å². The molecule has 0 radical (unpaired) electrons. The summed E-state index contributed by atoms with van der Waals surface area (Å²) in [6.45, 7) is 4.64. The van der Waals surface area contributed by atoms with Crippen LogP contribution in [-0.4, -0.2) is 54.2 Å². The molecule has 0 saturated heterocycles. The highest BCUT2D eigenvalue weighted by atomic mass is 32.2. The minimum Gasteiger partial charge on any atom is -0.339 e. The fourth-order valence-electron chi connectivity index (χ4n) is 3.92. The van der Waals surface area contributed by atoms with Gasteiger partial charge in [-0.15, -0.1) is 0 Å². The highest BCUT2D eigenvalue weighted by Crippen LogP contribution is 2.25. The average molecular weight is 489 g/mol. The van der Waals surface area contributed by atoms with Crippen LogP contribution in [0.5, 0.6) is 0 Å². The van der Waals surface area contributed by atoms with E-state index in [1.807, 2.05) is 0 Å². The standard InChI is InChI=1S/C25H33FN4O3S/c1-6-7-16-30-23-13-12-19(34(32,33)28(3)4)17-22(23)27-24(30)14-15-25(31)29(5)18(2)20-10-8-9-11-21(20)26/h8-13,17-18H,6-7,14-16H2,1-5H3. The van der Waals surface area contributed by atoms with Gasteiger partial charge in [0.15, 0.2) is 0 Å². The molecular weight excluding hydrogens is 455 g/mol. The van der Waals surface area contributed by atoms with E-state index in [9.17, 15) is 17.6 Å². The van der Waals surface area contributed by atoms with Crippen LogP contribution in [0.15, 0.2) is 47.4 Å². The van der Waals surface area contributed by atoms with E-state index in [4.69, 9.17) is 4.98 Å². The minimum atomic E-state index is -3.57. The molecule has 0 N–H and O–H groups in total. The number of nitrogens with zero attached hydrogens (tertiary/aromatic N) is 4. The second-order valence-corrected chi connectivity index (χ2v) is 10.8. The van der Waals surface area contributed by atoms with Crippen molar-refractivity contribution >= 4 is 27.0 Å². The van der Waals surface area contributed by atoms with Gasteiger partial charge in [0.2, 0.25) is 15.9 Å². The van der Waals surface area contributed by atoms with Crippen LogP contribution in [0.2, 0.25) is 0 Å². The van der Waals surface area contributed by atoms with E-state index < -0.39 is 16.1 Å². The van der Waals surface area contributed by atoms with Crippen molar-refractivity contribution in [3.63, 3.8) is 0 Å². The van der Waals surface area contributed by atoms with Crippen LogP contribution in [0.4, 0.5) is 4.39 Å². The number of imidazole rings is 1. The van der Waals surface area contributed by atoms with Crippen LogP contribution in [-0.2, 0) is 27.8 Å². The first-order valence-electron chi connectivity index (χ1n) is 11.5. The summed E-state index contributed by atoms with van der Waals surface area (Å²) in [4.78, 5) is 19.4. The molecule has 0 bridgehead atoms. The molecule has 9 heteroatoms. The Hall–Kier alpha value is -2.78. The molecule has 7 nitrogen and oxygen atoms in total. The van der Waals surface area contributed by atoms with Crippen molar-refractivity contribution in [3.8, 4) is 0 Å². The van der Waals surface area contributed by atoms with Gasteiger partial charge in [0.1, 0.15) is 11.6 Å². The molecule has 0 saturated carbocycles. The molecule has 0 aliphatic rings. The number of hydrogen-bond donors (Lipinski definition) is 0. The molecule has 0 spiro atoms. The number of benzene rings is 2. The van der Waals surface area contributed by atoms with E-state index >= 15 is 0 Å². The van der Waals surface area contributed by atoms with E-state index in [2.05, 4.69) is 11.5 Å². The Morgan fingerprint density at radius 2 is 1.85 bits per heavy atom. The first-order chi connectivity index (χ1) is 16.1. The molecular formula is C25H33FN4O3S. The normalized spacial score (nSPS) is 12.9. The first-order valence-corrected chi connectivity index (χ1v) is 12.9. The monoisotopic (exact) mass is 488 g/mol. The van der Waals surface area contributed by atoms with E-state index in [0.717, 1.165) is 30.7 Å². The molecule has 0 aliphatic heterocycles. The van der Waals surface area contributed by atoms with Crippen LogP contribution in [0.3, 0.4) is 0 Å². The minimum absolute atomic E-state index is 0.110. The quantitative estimate of drug-likeness (QED) is 0.425. The number of hydrogen-bond acceptors (Lipinski definition) is 4. The van der Waals surface area contributed by atoms with Crippen molar-refractivity contribution in [1.29, 1.82) is 0 Å². The summed E-state index contributed by atoms with van der Waals surface area (Å²) in [6.07, 6.45) is 2.55. The van der Waals surface area contributed by atoms with Crippen LogP contribution in [0.1, 0.15) is 50.5 Å². The first kappa shape index (κ1) is 25.8. The summed E-state index contributed by atoms with van der Waals surface area (Å²) in [5.74, 6) is 0.295. The molecule has 1 atom stereocenters. The molecule has 1 heterocycles. The van der Waals surface area contributed by atoms with Gasteiger partial charge < -0.3 is 9.47 Å². The molecule has 0 aliphatic carbocycles. The smallest absolute Gasteiger partial charge is 0.242 e. The third-order valence-electron chi connectivity index (χ3n) is 6.20. The lowest BCUT2D eigenvalue weighted by molar-refractivity contribution is -0.131. The van der Waals surface area contributed by atoms with Crippen LogP contribution < -0.4 is 0 Å². The Morgan fingerprint density at radius 1 is 1.15 bits per heavy atom. The fourth-order valence-corrected chi connectivity index (χ4v) is 4.84. The maximum absolute atomic E-state index is 14.2. The number of sulfonamides is 1. The van der Waals surface area contributed by atoms with Crippen molar-refractivity contribution in [2.75, 3.05) is 21.1 Å². The zero-order valence-corrected chi connectivity index (χ0v) is 21.3. The lowest BCUT2D eigenvalue weighted by Gasteiger charge is -2.25. The number of halogens is 1. The molecule has 1 unspecified atom stereocenters. The maximum Gasteiger partial charge on any atom is 0.242 e. The summed E-state index contributed by atoms with van der Waals surface area (Å²) >= 11 is 0. The van der Waals surface area contributed by atoms with Gasteiger partial charge in [-0.3, -0.25) is 4.79 Å². The zero-order chi connectivity index (χ0) is 25.0. The molecule has 1 amide bonds.